The Morgan fingerprint density at radius 3 is 2.70 bits per heavy atom. The maximum absolute atomic E-state index is 14.1. The van der Waals surface area contributed by atoms with Crippen LogP contribution in [0.1, 0.15) is 39.2 Å². The third kappa shape index (κ3) is 3.95. The van der Waals surface area contributed by atoms with Crippen LogP contribution in [0.5, 0.6) is 0 Å². The zero-order chi connectivity index (χ0) is 14.8. The average molecular weight is 298 g/mol. The van der Waals surface area contributed by atoms with E-state index in [0.717, 1.165) is 25.1 Å². The van der Waals surface area contributed by atoms with Crippen molar-refractivity contribution >= 4 is 11.6 Å². The molecule has 0 spiro atoms. The zero-order valence-corrected chi connectivity index (χ0v) is 13.4. The highest BCUT2D eigenvalue weighted by molar-refractivity contribution is 6.30. The van der Waals surface area contributed by atoms with E-state index in [0.29, 0.717) is 11.8 Å². The summed E-state index contributed by atoms with van der Waals surface area (Å²) in [4.78, 5) is 0. The lowest BCUT2D eigenvalue weighted by molar-refractivity contribution is 0.249. The first-order valence-electron chi connectivity index (χ1n) is 7.56. The van der Waals surface area contributed by atoms with Gasteiger partial charge in [-0.2, -0.15) is 0 Å². The van der Waals surface area contributed by atoms with Gasteiger partial charge in [0.25, 0.3) is 0 Å². The molecule has 0 aromatic heterocycles. The number of rotatable bonds is 7. The standard InChI is InChI=1S/C17H25ClFN/c1-12(2)10-20-11-17(3,14-7-8-14)9-13-5-4-6-15(18)16(13)19/h4-6,12,14,20H,7-11H2,1-3H3. The molecule has 1 N–H and O–H groups in total. The molecular weight excluding hydrogens is 273 g/mol. The van der Waals surface area contributed by atoms with E-state index >= 15 is 0 Å². The summed E-state index contributed by atoms with van der Waals surface area (Å²) in [5.74, 6) is 1.10. The molecule has 20 heavy (non-hydrogen) atoms. The summed E-state index contributed by atoms with van der Waals surface area (Å²) in [7, 11) is 0. The van der Waals surface area contributed by atoms with Crippen LogP contribution in [0.3, 0.4) is 0 Å². The smallest absolute Gasteiger partial charge is 0.144 e. The third-order valence-electron chi connectivity index (χ3n) is 4.27. The van der Waals surface area contributed by atoms with E-state index in [1.54, 1.807) is 6.07 Å². The molecule has 112 valence electrons. The SMILES string of the molecule is CC(C)CNCC(C)(Cc1cccc(Cl)c1F)C1CC1. The van der Waals surface area contributed by atoms with Crippen LogP contribution in [0.2, 0.25) is 5.02 Å². The van der Waals surface area contributed by atoms with Gasteiger partial charge in [-0.15, -0.1) is 0 Å². The highest BCUT2D eigenvalue weighted by Crippen LogP contribution is 2.47. The van der Waals surface area contributed by atoms with Crippen molar-refractivity contribution in [3.05, 3.63) is 34.6 Å². The van der Waals surface area contributed by atoms with Crippen LogP contribution in [0.25, 0.3) is 0 Å². The summed E-state index contributed by atoms with van der Waals surface area (Å²) in [6.07, 6.45) is 3.29. The maximum Gasteiger partial charge on any atom is 0.144 e. The lowest BCUT2D eigenvalue weighted by atomic mass is 9.78. The van der Waals surface area contributed by atoms with Crippen LogP contribution in [-0.2, 0) is 6.42 Å². The second-order valence-electron chi connectivity index (χ2n) is 6.84. The molecule has 1 nitrogen and oxygen atoms in total. The number of benzene rings is 1. The molecule has 1 saturated carbocycles. The van der Waals surface area contributed by atoms with Crippen LogP contribution in [0.15, 0.2) is 18.2 Å². The predicted octanol–water partition coefficient (Wildman–Crippen LogP) is 4.68. The van der Waals surface area contributed by atoms with Crippen LogP contribution in [-0.4, -0.2) is 13.1 Å². The predicted molar refractivity (Wildman–Crippen MR) is 83.7 cm³/mol. The van der Waals surface area contributed by atoms with Crippen molar-refractivity contribution in [1.29, 1.82) is 0 Å². The van der Waals surface area contributed by atoms with Crippen LogP contribution in [0, 0.1) is 23.1 Å². The van der Waals surface area contributed by atoms with Crippen molar-refractivity contribution in [2.45, 2.75) is 40.0 Å². The molecule has 1 aliphatic carbocycles. The van der Waals surface area contributed by atoms with E-state index in [2.05, 4.69) is 26.1 Å². The average Bonchev–Trinajstić information content (AvgIpc) is 3.19. The molecule has 0 heterocycles. The topological polar surface area (TPSA) is 12.0 Å². The van der Waals surface area contributed by atoms with E-state index in [-0.39, 0.29) is 16.3 Å². The molecule has 0 saturated heterocycles. The lowest BCUT2D eigenvalue weighted by Gasteiger charge is -2.31. The van der Waals surface area contributed by atoms with E-state index in [1.165, 1.54) is 12.8 Å². The van der Waals surface area contributed by atoms with Crippen LogP contribution >= 0.6 is 11.6 Å². The number of hydrogen-bond acceptors (Lipinski definition) is 1. The largest absolute Gasteiger partial charge is 0.316 e. The van der Waals surface area contributed by atoms with Gasteiger partial charge in [0.2, 0.25) is 0 Å². The second kappa shape index (κ2) is 6.44. The first kappa shape index (κ1) is 15.8. The zero-order valence-electron chi connectivity index (χ0n) is 12.7. The Morgan fingerprint density at radius 1 is 1.40 bits per heavy atom. The number of nitrogens with one attached hydrogen (secondary N) is 1. The van der Waals surface area contributed by atoms with Gasteiger partial charge in [-0.05, 0) is 54.7 Å². The summed E-state index contributed by atoms with van der Waals surface area (Å²) < 4.78 is 14.1. The van der Waals surface area contributed by atoms with E-state index < -0.39 is 0 Å². The Balaban J connectivity index is 2.06. The molecule has 3 heteroatoms. The molecule has 1 aromatic carbocycles. The molecule has 0 aliphatic heterocycles. The fraction of sp³-hybridized carbons (Fsp3) is 0.647. The van der Waals surface area contributed by atoms with E-state index in [4.69, 9.17) is 11.6 Å². The van der Waals surface area contributed by atoms with Gasteiger partial charge in [0.1, 0.15) is 5.82 Å². The number of halogens is 2. The van der Waals surface area contributed by atoms with Gasteiger partial charge in [-0.25, -0.2) is 4.39 Å². The Hall–Kier alpha value is -0.600. The summed E-state index contributed by atoms with van der Waals surface area (Å²) in [5.41, 5.74) is 0.874. The first-order chi connectivity index (χ1) is 9.42. The minimum atomic E-state index is -0.245. The quantitative estimate of drug-likeness (QED) is 0.770. The Morgan fingerprint density at radius 2 is 2.10 bits per heavy atom. The van der Waals surface area contributed by atoms with Crippen molar-refractivity contribution in [2.75, 3.05) is 13.1 Å². The molecule has 1 atom stereocenters. The van der Waals surface area contributed by atoms with E-state index in [1.807, 2.05) is 12.1 Å². The normalized spacial score (nSPS) is 18.3. The molecule has 0 radical (unpaired) electrons. The summed E-state index contributed by atoms with van der Waals surface area (Å²) >= 11 is 5.89. The van der Waals surface area contributed by atoms with Gasteiger partial charge in [0.05, 0.1) is 5.02 Å². The summed E-state index contributed by atoms with van der Waals surface area (Å²) in [5, 5.41) is 3.78. The molecule has 1 unspecified atom stereocenters. The molecular formula is C17H25ClFN. The second-order valence-corrected chi connectivity index (χ2v) is 7.25. The van der Waals surface area contributed by atoms with Crippen molar-refractivity contribution < 1.29 is 4.39 Å². The summed E-state index contributed by atoms with van der Waals surface area (Å²) in [6, 6.07) is 5.33. The van der Waals surface area contributed by atoms with Gasteiger partial charge in [0.15, 0.2) is 0 Å². The van der Waals surface area contributed by atoms with Gasteiger partial charge in [-0.3, -0.25) is 0 Å². The van der Waals surface area contributed by atoms with Crippen molar-refractivity contribution in [2.24, 2.45) is 17.3 Å². The van der Waals surface area contributed by atoms with Gasteiger partial charge in [-0.1, -0.05) is 44.5 Å². The summed E-state index contributed by atoms with van der Waals surface area (Å²) in [6.45, 7) is 8.65. The Kier molecular flexibility index (Phi) is 5.09. The fourth-order valence-electron chi connectivity index (χ4n) is 2.90. The molecule has 2 rings (SSSR count). The lowest BCUT2D eigenvalue weighted by Crippen LogP contribution is -2.37. The first-order valence-corrected chi connectivity index (χ1v) is 7.94. The van der Waals surface area contributed by atoms with Gasteiger partial charge >= 0.3 is 0 Å². The number of hydrogen-bond donors (Lipinski definition) is 1. The van der Waals surface area contributed by atoms with Crippen LogP contribution < -0.4 is 5.32 Å². The Labute approximate surface area is 126 Å². The van der Waals surface area contributed by atoms with Crippen molar-refractivity contribution in [3.63, 3.8) is 0 Å². The molecule has 0 amide bonds. The maximum atomic E-state index is 14.1. The highest BCUT2D eigenvalue weighted by atomic mass is 35.5. The molecule has 0 bridgehead atoms. The van der Waals surface area contributed by atoms with Gasteiger partial charge < -0.3 is 5.32 Å². The van der Waals surface area contributed by atoms with E-state index in [9.17, 15) is 4.39 Å². The van der Waals surface area contributed by atoms with Crippen molar-refractivity contribution in [1.82, 2.24) is 5.32 Å². The van der Waals surface area contributed by atoms with Gasteiger partial charge in [0, 0.05) is 6.54 Å². The molecule has 1 fully saturated rings. The Bertz CT molecular complexity index is 456. The molecule has 1 aliphatic rings. The third-order valence-corrected chi connectivity index (χ3v) is 4.56. The molecule has 1 aromatic rings. The minimum absolute atomic E-state index is 0.125. The fourth-order valence-corrected chi connectivity index (χ4v) is 3.09. The van der Waals surface area contributed by atoms with Crippen molar-refractivity contribution in [3.8, 4) is 0 Å². The minimum Gasteiger partial charge on any atom is -0.316 e. The van der Waals surface area contributed by atoms with Crippen LogP contribution in [0.4, 0.5) is 4.39 Å². The highest BCUT2D eigenvalue weighted by Gasteiger charge is 2.41. The monoisotopic (exact) mass is 297 g/mol.